The molecule has 5 nitrogen and oxygen atoms in total. The summed E-state index contributed by atoms with van der Waals surface area (Å²) < 4.78 is 62.2. The highest BCUT2D eigenvalue weighted by Gasteiger charge is 2.35. The highest BCUT2D eigenvalue weighted by Crippen LogP contribution is 2.36. The average molecular weight is 440 g/mol. The quantitative estimate of drug-likeness (QED) is 0.698. The van der Waals surface area contributed by atoms with Gasteiger partial charge in [0.05, 0.1) is 17.0 Å². The van der Waals surface area contributed by atoms with Gasteiger partial charge in [0.25, 0.3) is 0 Å². The van der Waals surface area contributed by atoms with Gasteiger partial charge in [0.15, 0.2) is 9.84 Å². The van der Waals surface area contributed by atoms with E-state index < -0.39 is 21.6 Å². The van der Waals surface area contributed by atoms with Crippen molar-refractivity contribution < 1.29 is 26.4 Å². The van der Waals surface area contributed by atoms with Crippen LogP contribution in [0, 0.1) is 0 Å². The molecule has 2 aromatic carbocycles. The fourth-order valence-electron chi connectivity index (χ4n) is 3.31. The summed E-state index contributed by atoms with van der Waals surface area (Å²) in [6.07, 6.45) is -1.54. The Bertz CT molecular complexity index is 1020. The number of carbonyl (C=O) groups is 1. The summed E-state index contributed by atoms with van der Waals surface area (Å²) in [5, 5.41) is 2.72. The molecule has 0 aliphatic heterocycles. The Kier molecular flexibility index (Phi) is 6.24. The predicted octanol–water partition coefficient (Wildman–Crippen LogP) is 4.27. The van der Waals surface area contributed by atoms with Crippen LogP contribution in [0.1, 0.15) is 36.9 Å². The molecule has 1 saturated carbocycles. The zero-order valence-corrected chi connectivity index (χ0v) is 17.4. The topological polar surface area (TPSA) is 66.5 Å². The molecule has 0 aromatic heterocycles. The lowest BCUT2D eigenvalue weighted by Gasteiger charge is -2.29. The number of anilines is 1. The molecule has 1 unspecified atom stereocenters. The van der Waals surface area contributed by atoms with Crippen LogP contribution in [0.5, 0.6) is 0 Å². The molecule has 162 valence electrons. The first-order chi connectivity index (χ1) is 13.9. The molecule has 1 amide bonds. The monoisotopic (exact) mass is 440 g/mol. The third kappa shape index (κ3) is 5.60. The number of rotatable bonds is 7. The van der Waals surface area contributed by atoms with E-state index in [0.29, 0.717) is 11.3 Å². The molecule has 1 N–H and O–H groups in total. The molecule has 0 bridgehead atoms. The van der Waals surface area contributed by atoms with Gasteiger partial charge in [-0.25, -0.2) is 8.42 Å². The number of carbonyl (C=O) groups excluding carboxylic acids is 1. The summed E-state index contributed by atoms with van der Waals surface area (Å²) in [5.74, 6) is -0.312. The van der Waals surface area contributed by atoms with Crippen molar-refractivity contribution in [3.63, 3.8) is 0 Å². The van der Waals surface area contributed by atoms with Gasteiger partial charge in [0.1, 0.15) is 0 Å². The summed E-state index contributed by atoms with van der Waals surface area (Å²) in [5.41, 5.74) is 0.245. The summed E-state index contributed by atoms with van der Waals surface area (Å²) in [7, 11) is -3.33. The molecule has 30 heavy (non-hydrogen) atoms. The molecule has 1 atom stereocenters. The maximum atomic E-state index is 13.0. The molecular weight excluding hydrogens is 417 g/mol. The number of nitrogens with one attached hydrogen (secondary N) is 1. The van der Waals surface area contributed by atoms with Gasteiger partial charge in [0.2, 0.25) is 5.91 Å². The van der Waals surface area contributed by atoms with E-state index in [1.165, 1.54) is 30.3 Å². The number of nitrogens with zero attached hydrogens (tertiary/aromatic N) is 1. The van der Waals surface area contributed by atoms with Crippen LogP contribution < -0.4 is 5.32 Å². The van der Waals surface area contributed by atoms with Gasteiger partial charge in [-0.15, -0.1) is 0 Å². The molecule has 9 heteroatoms. The summed E-state index contributed by atoms with van der Waals surface area (Å²) in [6.45, 7) is 1.82. The molecule has 0 heterocycles. The summed E-state index contributed by atoms with van der Waals surface area (Å²) >= 11 is 0. The van der Waals surface area contributed by atoms with Gasteiger partial charge in [-0.05, 0) is 61.7 Å². The lowest BCUT2D eigenvalue weighted by atomic mass is 10.0. The third-order valence-electron chi connectivity index (χ3n) is 5.10. The number of hydrogen-bond donors (Lipinski definition) is 1. The van der Waals surface area contributed by atoms with Crippen LogP contribution >= 0.6 is 0 Å². The van der Waals surface area contributed by atoms with E-state index in [0.717, 1.165) is 31.2 Å². The van der Waals surface area contributed by atoms with E-state index in [2.05, 4.69) is 5.32 Å². The van der Waals surface area contributed by atoms with E-state index in [1.807, 2.05) is 4.90 Å². The van der Waals surface area contributed by atoms with Crippen molar-refractivity contribution in [1.82, 2.24) is 4.90 Å². The molecule has 0 saturated heterocycles. The zero-order chi connectivity index (χ0) is 22.1. The van der Waals surface area contributed by atoms with Crippen LogP contribution in [-0.2, 0) is 20.8 Å². The summed E-state index contributed by atoms with van der Waals surface area (Å²) in [6, 6.07) is 10.8. The van der Waals surface area contributed by atoms with Crippen LogP contribution in [0.15, 0.2) is 53.4 Å². The van der Waals surface area contributed by atoms with Crippen molar-refractivity contribution in [2.24, 2.45) is 0 Å². The largest absolute Gasteiger partial charge is 0.416 e. The van der Waals surface area contributed by atoms with Crippen molar-refractivity contribution >= 4 is 21.4 Å². The maximum absolute atomic E-state index is 13.0. The highest BCUT2D eigenvalue weighted by molar-refractivity contribution is 7.90. The molecule has 2 aromatic rings. The minimum atomic E-state index is -4.42. The Balaban J connectivity index is 1.71. The van der Waals surface area contributed by atoms with Crippen LogP contribution in [-0.4, -0.2) is 38.1 Å². The third-order valence-corrected chi connectivity index (χ3v) is 6.23. The number of halogens is 3. The van der Waals surface area contributed by atoms with Crippen molar-refractivity contribution in [2.75, 3.05) is 18.1 Å². The Hall–Kier alpha value is -2.39. The van der Waals surface area contributed by atoms with Crippen molar-refractivity contribution in [1.29, 1.82) is 0 Å². The van der Waals surface area contributed by atoms with E-state index >= 15 is 0 Å². The molecule has 1 aliphatic rings. The van der Waals surface area contributed by atoms with Gasteiger partial charge in [-0.3, -0.25) is 9.69 Å². The Morgan fingerprint density at radius 3 is 2.33 bits per heavy atom. The first kappa shape index (κ1) is 22.3. The minimum Gasteiger partial charge on any atom is -0.325 e. The van der Waals surface area contributed by atoms with Crippen molar-refractivity contribution in [3.05, 3.63) is 59.7 Å². The molecular formula is C21H23F3N2O3S. The second-order valence-corrected chi connectivity index (χ2v) is 9.56. The standard InChI is InChI=1S/C21H23F3N2O3S/c1-14(15-4-3-5-16(12-15)21(22,23)24)26(18-8-9-18)13-20(27)25-17-6-10-19(11-7-17)30(2,28)29/h3-7,10-12,14,18H,8-9,13H2,1-2H3,(H,25,27). The lowest BCUT2D eigenvalue weighted by Crippen LogP contribution is -2.37. The van der Waals surface area contributed by atoms with Crippen LogP contribution in [0.25, 0.3) is 0 Å². The van der Waals surface area contributed by atoms with E-state index in [1.54, 1.807) is 13.0 Å². The number of hydrogen-bond acceptors (Lipinski definition) is 4. The second kappa shape index (κ2) is 8.39. The molecule has 0 radical (unpaired) electrons. The van der Waals surface area contributed by atoms with E-state index in [4.69, 9.17) is 0 Å². The van der Waals surface area contributed by atoms with E-state index in [-0.39, 0.29) is 29.4 Å². The smallest absolute Gasteiger partial charge is 0.325 e. The Morgan fingerprint density at radius 2 is 1.80 bits per heavy atom. The number of sulfone groups is 1. The van der Waals surface area contributed by atoms with E-state index in [9.17, 15) is 26.4 Å². The number of benzene rings is 2. The second-order valence-electron chi connectivity index (χ2n) is 7.55. The normalized spacial score (nSPS) is 15.8. The molecule has 3 rings (SSSR count). The molecule has 0 spiro atoms. The van der Waals surface area contributed by atoms with Crippen LogP contribution in [0.4, 0.5) is 18.9 Å². The van der Waals surface area contributed by atoms with Gasteiger partial charge in [-0.1, -0.05) is 12.1 Å². The molecule has 1 aliphatic carbocycles. The van der Waals surface area contributed by atoms with Crippen LogP contribution in [0.2, 0.25) is 0 Å². The van der Waals surface area contributed by atoms with Gasteiger partial charge >= 0.3 is 6.18 Å². The fourth-order valence-corrected chi connectivity index (χ4v) is 3.94. The summed E-state index contributed by atoms with van der Waals surface area (Å²) in [4.78, 5) is 14.6. The number of alkyl halides is 3. The van der Waals surface area contributed by atoms with Gasteiger partial charge in [-0.2, -0.15) is 13.2 Å². The van der Waals surface area contributed by atoms with Crippen molar-refractivity contribution in [2.45, 2.75) is 42.9 Å². The van der Waals surface area contributed by atoms with Gasteiger partial charge < -0.3 is 5.32 Å². The first-order valence-electron chi connectivity index (χ1n) is 9.48. The Morgan fingerprint density at radius 1 is 1.17 bits per heavy atom. The van der Waals surface area contributed by atoms with Crippen molar-refractivity contribution in [3.8, 4) is 0 Å². The SMILES string of the molecule is CC(c1cccc(C(F)(F)F)c1)N(CC(=O)Nc1ccc(S(C)(=O)=O)cc1)C1CC1. The molecule has 1 fully saturated rings. The fraction of sp³-hybridized carbons (Fsp3) is 0.381. The van der Waals surface area contributed by atoms with Crippen LogP contribution in [0.3, 0.4) is 0 Å². The highest BCUT2D eigenvalue weighted by atomic mass is 32.2. The lowest BCUT2D eigenvalue weighted by molar-refractivity contribution is -0.137. The zero-order valence-electron chi connectivity index (χ0n) is 16.6. The van der Waals surface area contributed by atoms with Gasteiger partial charge in [0, 0.05) is 24.0 Å². The maximum Gasteiger partial charge on any atom is 0.416 e. The average Bonchev–Trinajstić information content (AvgIpc) is 3.50. The minimum absolute atomic E-state index is 0.0237. The first-order valence-corrected chi connectivity index (χ1v) is 11.4. The Labute approximate surface area is 173 Å². The predicted molar refractivity (Wildman–Crippen MR) is 108 cm³/mol. The number of amides is 1.